The number of hydrogen-bond donors (Lipinski definition) is 1. The van der Waals surface area contributed by atoms with Crippen LogP contribution in [0.5, 0.6) is 0 Å². The van der Waals surface area contributed by atoms with Crippen molar-refractivity contribution in [1.29, 1.82) is 0 Å². The molecule has 72 valence electrons. The van der Waals surface area contributed by atoms with Gasteiger partial charge < -0.3 is 5.11 Å². The highest BCUT2D eigenvalue weighted by atomic mass is 16.3. The summed E-state index contributed by atoms with van der Waals surface area (Å²) in [4.78, 5) is 8.18. The third-order valence-electron chi connectivity index (χ3n) is 2.23. The summed E-state index contributed by atoms with van der Waals surface area (Å²) in [5.41, 5.74) is 1.88. The lowest BCUT2D eigenvalue weighted by Crippen LogP contribution is -2.15. The zero-order valence-corrected chi connectivity index (χ0v) is 8.36. The summed E-state index contributed by atoms with van der Waals surface area (Å²) >= 11 is 0. The number of aromatic nitrogens is 2. The summed E-state index contributed by atoms with van der Waals surface area (Å²) in [5.74, 6) is 0.127. The van der Waals surface area contributed by atoms with E-state index < -0.39 is 0 Å². The summed E-state index contributed by atoms with van der Waals surface area (Å²) in [7, 11) is 0. The third-order valence-corrected chi connectivity index (χ3v) is 2.23. The van der Waals surface area contributed by atoms with E-state index in [-0.39, 0.29) is 12.0 Å². The molecule has 0 saturated heterocycles. The van der Waals surface area contributed by atoms with Crippen LogP contribution in [0.1, 0.15) is 37.6 Å². The largest absolute Gasteiger partial charge is 0.393 e. The van der Waals surface area contributed by atoms with Crippen molar-refractivity contribution in [3.05, 3.63) is 23.8 Å². The molecule has 0 aliphatic carbocycles. The lowest BCUT2D eigenvalue weighted by atomic mass is 9.96. The molecule has 1 aromatic rings. The molecule has 0 aliphatic heterocycles. The lowest BCUT2D eigenvalue weighted by molar-refractivity contribution is 0.158. The van der Waals surface area contributed by atoms with Crippen molar-refractivity contribution in [2.24, 2.45) is 0 Å². The monoisotopic (exact) mass is 180 g/mol. The van der Waals surface area contributed by atoms with Crippen molar-refractivity contribution >= 4 is 0 Å². The summed E-state index contributed by atoms with van der Waals surface area (Å²) in [6.07, 6.45) is 2.10. The predicted molar refractivity (Wildman–Crippen MR) is 51.5 cm³/mol. The smallest absolute Gasteiger partial charge is 0.115 e. The summed E-state index contributed by atoms with van der Waals surface area (Å²) in [6, 6.07) is 1.93. The number of aliphatic hydroxyl groups is 1. The minimum absolute atomic E-state index is 0.127. The predicted octanol–water partition coefficient (Wildman–Crippen LogP) is 1.66. The van der Waals surface area contributed by atoms with Gasteiger partial charge in [-0.25, -0.2) is 9.97 Å². The van der Waals surface area contributed by atoms with Crippen LogP contribution < -0.4 is 0 Å². The highest BCUT2D eigenvalue weighted by molar-refractivity contribution is 5.12. The van der Waals surface area contributed by atoms with Gasteiger partial charge in [-0.05, 0) is 26.3 Å². The Morgan fingerprint density at radius 2 is 2.15 bits per heavy atom. The molecule has 0 fully saturated rings. The maximum absolute atomic E-state index is 9.50. The van der Waals surface area contributed by atoms with Gasteiger partial charge in [0.25, 0.3) is 0 Å². The molecule has 0 aliphatic rings. The number of aryl methyl sites for hydroxylation is 1. The standard InChI is InChI=1S/C10H16N2O/c1-4-9(8(3)13)10-5-7(2)11-6-12-10/h5-6,8-9,13H,4H2,1-3H3. The van der Waals surface area contributed by atoms with Crippen LogP contribution in [0.3, 0.4) is 0 Å². The van der Waals surface area contributed by atoms with Crippen LogP contribution in [-0.4, -0.2) is 21.2 Å². The van der Waals surface area contributed by atoms with E-state index in [1.807, 2.05) is 13.0 Å². The molecule has 0 aromatic carbocycles. The number of hydrogen-bond acceptors (Lipinski definition) is 3. The maximum Gasteiger partial charge on any atom is 0.115 e. The molecule has 0 spiro atoms. The second-order valence-electron chi connectivity index (χ2n) is 3.34. The quantitative estimate of drug-likeness (QED) is 0.769. The molecule has 1 heterocycles. The Kier molecular flexibility index (Phi) is 3.37. The normalized spacial score (nSPS) is 15.4. The van der Waals surface area contributed by atoms with Gasteiger partial charge in [0.15, 0.2) is 0 Å². The van der Waals surface area contributed by atoms with E-state index in [4.69, 9.17) is 0 Å². The van der Waals surface area contributed by atoms with Gasteiger partial charge in [-0.3, -0.25) is 0 Å². The number of rotatable bonds is 3. The molecule has 2 unspecified atom stereocenters. The Hall–Kier alpha value is -0.960. The Balaban J connectivity index is 2.91. The Bertz CT molecular complexity index is 273. The summed E-state index contributed by atoms with van der Waals surface area (Å²) in [5, 5.41) is 9.50. The first-order chi connectivity index (χ1) is 6.15. The van der Waals surface area contributed by atoms with Gasteiger partial charge in [0.05, 0.1) is 6.10 Å². The summed E-state index contributed by atoms with van der Waals surface area (Å²) in [6.45, 7) is 5.78. The lowest BCUT2D eigenvalue weighted by Gasteiger charge is -2.17. The van der Waals surface area contributed by atoms with E-state index in [9.17, 15) is 5.11 Å². The van der Waals surface area contributed by atoms with Crippen molar-refractivity contribution in [2.75, 3.05) is 0 Å². The molecule has 0 amide bonds. The van der Waals surface area contributed by atoms with Crippen LogP contribution >= 0.6 is 0 Å². The average Bonchev–Trinajstić information content (AvgIpc) is 2.04. The Labute approximate surface area is 78.9 Å². The fourth-order valence-corrected chi connectivity index (χ4v) is 1.48. The molecular formula is C10H16N2O. The SMILES string of the molecule is CCC(c1cc(C)ncn1)C(C)O. The van der Waals surface area contributed by atoms with E-state index >= 15 is 0 Å². The van der Waals surface area contributed by atoms with Crippen LogP contribution in [0.2, 0.25) is 0 Å². The highest BCUT2D eigenvalue weighted by Crippen LogP contribution is 2.21. The van der Waals surface area contributed by atoms with Crippen molar-refractivity contribution in [3.63, 3.8) is 0 Å². The highest BCUT2D eigenvalue weighted by Gasteiger charge is 2.16. The topological polar surface area (TPSA) is 46.0 Å². The van der Waals surface area contributed by atoms with E-state index in [2.05, 4.69) is 16.9 Å². The average molecular weight is 180 g/mol. The minimum Gasteiger partial charge on any atom is -0.393 e. The molecule has 1 N–H and O–H groups in total. The van der Waals surface area contributed by atoms with Crippen LogP contribution in [0, 0.1) is 6.92 Å². The fourth-order valence-electron chi connectivity index (χ4n) is 1.48. The molecule has 2 atom stereocenters. The second-order valence-corrected chi connectivity index (χ2v) is 3.34. The maximum atomic E-state index is 9.50. The van der Waals surface area contributed by atoms with Gasteiger partial charge in [-0.15, -0.1) is 0 Å². The first kappa shape index (κ1) is 10.1. The molecule has 3 nitrogen and oxygen atoms in total. The van der Waals surface area contributed by atoms with Crippen LogP contribution in [0.25, 0.3) is 0 Å². The molecule has 0 saturated carbocycles. The third kappa shape index (κ3) is 2.49. The Morgan fingerprint density at radius 3 is 2.62 bits per heavy atom. The molecule has 1 aromatic heterocycles. The molecule has 3 heteroatoms. The van der Waals surface area contributed by atoms with Gasteiger partial charge in [0.1, 0.15) is 6.33 Å². The van der Waals surface area contributed by atoms with Gasteiger partial charge in [-0.2, -0.15) is 0 Å². The van der Waals surface area contributed by atoms with Crippen molar-refractivity contribution in [2.45, 2.75) is 39.2 Å². The first-order valence-electron chi connectivity index (χ1n) is 4.61. The van der Waals surface area contributed by atoms with E-state index in [0.717, 1.165) is 17.8 Å². The van der Waals surface area contributed by atoms with Crippen LogP contribution in [0.15, 0.2) is 12.4 Å². The van der Waals surface area contributed by atoms with Crippen molar-refractivity contribution < 1.29 is 5.11 Å². The summed E-state index contributed by atoms with van der Waals surface area (Å²) < 4.78 is 0. The minimum atomic E-state index is -0.348. The van der Waals surface area contributed by atoms with E-state index in [1.165, 1.54) is 0 Å². The fraction of sp³-hybridized carbons (Fsp3) is 0.600. The van der Waals surface area contributed by atoms with Crippen molar-refractivity contribution in [3.8, 4) is 0 Å². The van der Waals surface area contributed by atoms with Crippen LogP contribution in [-0.2, 0) is 0 Å². The zero-order valence-electron chi connectivity index (χ0n) is 8.36. The van der Waals surface area contributed by atoms with Gasteiger partial charge in [0, 0.05) is 17.3 Å². The number of nitrogens with zero attached hydrogens (tertiary/aromatic N) is 2. The van der Waals surface area contributed by atoms with Gasteiger partial charge >= 0.3 is 0 Å². The molecule has 0 bridgehead atoms. The molecular weight excluding hydrogens is 164 g/mol. The zero-order chi connectivity index (χ0) is 9.84. The van der Waals surface area contributed by atoms with E-state index in [0.29, 0.717) is 0 Å². The second kappa shape index (κ2) is 4.33. The number of aliphatic hydroxyl groups excluding tert-OH is 1. The van der Waals surface area contributed by atoms with Gasteiger partial charge in [-0.1, -0.05) is 6.92 Å². The molecule has 0 radical (unpaired) electrons. The van der Waals surface area contributed by atoms with Crippen LogP contribution in [0.4, 0.5) is 0 Å². The van der Waals surface area contributed by atoms with E-state index in [1.54, 1.807) is 13.3 Å². The first-order valence-corrected chi connectivity index (χ1v) is 4.61. The Morgan fingerprint density at radius 1 is 1.46 bits per heavy atom. The molecule has 1 rings (SSSR count). The van der Waals surface area contributed by atoms with Gasteiger partial charge in [0.2, 0.25) is 0 Å². The van der Waals surface area contributed by atoms with Crippen molar-refractivity contribution in [1.82, 2.24) is 9.97 Å². The molecule has 13 heavy (non-hydrogen) atoms.